The Morgan fingerprint density at radius 3 is 3.00 bits per heavy atom. The largest absolute Gasteiger partial charge is 0.396 e. The molecule has 1 atom stereocenters. The number of aliphatic hydroxyl groups is 1. The zero-order valence-electron chi connectivity index (χ0n) is 8.45. The van der Waals surface area contributed by atoms with Gasteiger partial charge in [-0.25, -0.2) is 0 Å². The molecule has 1 fully saturated rings. The van der Waals surface area contributed by atoms with Crippen molar-refractivity contribution in [1.29, 1.82) is 0 Å². The number of nitrogens with zero attached hydrogens (tertiary/aromatic N) is 1. The quantitative estimate of drug-likeness (QED) is 0.652. The van der Waals surface area contributed by atoms with Crippen molar-refractivity contribution in [3.8, 4) is 0 Å². The van der Waals surface area contributed by atoms with Gasteiger partial charge in [-0.15, -0.1) is 0 Å². The Hall–Kier alpha value is -0.870. The highest BCUT2D eigenvalue weighted by molar-refractivity contribution is 5.04. The van der Waals surface area contributed by atoms with E-state index in [0.717, 1.165) is 25.1 Å². The van der Waals surface area contributed by atoms with Crippen LogP contribution in [-0.4, -0.2) is 28.5 Å². The van der Waals surface area contributed by atoms with E-state index in [0.29, 0.717) is 6.61 Å². The summed E-state index contributed by atoms with van der Waals surface area (Å²) in [7, 11) is 0. The highest BCUT2D eigenvalue weighted by Crippen LogP contribution is 2.44. The average molecular weight is 195 g/mol. The molecular formula is C10H17N3O. The minimum Gasteiger partial charge on any atom is -0.396 e. The first kappa shape index (κ1) is 9.68. The lowest BCUT2D eigenvalue weighted by Gasteiger charge is -2.17. The van der Waals surface area contributed by atoms with Crippen molar-refractivity contribution in [2.24, 2.45) is 5.41 Å². The second-order valence-corrected chi connectivity index (χ2v) is 4.27. The van der Waals surface area contributed by atoms with Crippen LogP contribution in [0.2, 0.25) is 0 Å². The van der Waals surface area contributed by atoms with Crippen LogP contribution in [0.25, 0.3) is 0 Å². The van der Waals surface area contributed by atoms with Gasteiger partial charge in [0.15, 0.2) is 0 Å². The number of rotatable bonds is 5. The van der Waals surface area contributed by atoms with Crippen molar-refractivity contribution in [3.05, 3.63) is 18.0 Å². The van der Waals surface area contributed by atoms with E-state index in [-0.39, 0.29) is 11.5 Å². The maximum absolute atomic E-state index is 9.14. The number of aromatic nitrogens is 2. The van der Waals surface area contributed by atoms with Gasteiger partial charge in [-0.3, -0.25) is 5.10 Å². The van der Waals surface area contributed by atoms with Gasteiger partial charge in [0, 0.05) is 30.8 Å². The summed E-state index contributed by atoms with van der Waals surface area (Å²) in [6, 6.07) is 2.25. The predicted molar refractivity (Wildman–Crippen MR) is 53.8 cm³/mol. The number of hydrogen-bond donors (Lipinski definition) is 3. The fourth-order valence-corrected chi connectivity index (χ4v) is 1.55. The maximum atomic E-state index is 9.14. The first-order valence-corrected chi connectivity index (χ1v) is 5.09. The molecule has 0 aromatic carbocycles. The summed E-state index contributed by atoms with van der Waals surface area (Å²) in [5.41, 5.74) is 1.27. The Labute approximate surface area is 83.7 Å². The van der Waals surface area contributed by atoms with Crippen molar-refractivity contribution >= 4 is 0 Å². The summed E-state index contributed by atoms with van der Waals surface area (Å²) < 4.78 is 0. The van der Waals surface area contributed by atoms with E-state index >= 15 is 0 Å². The fourth-order valence-electron chi connectivity index (χ4n) is 1.55. The number of nitrogens with one attached hydrogen (secondary N) is 2. The summed E-state index contributed by atoms with van der Waals surface area (Å²) in [5, 5.41) is 19.4. The summed E-state index contributed by atoms with van der Waals surface area (Å²) in [5.74, 6) is 0. The van der Waals surface area contributed by atoms with Crippen LogP contribution in [0.15, 0.2) is 12.3 Å². The zero-order chi connectivity index (χ0) is 10.0. The lowest BCUT2D eigenvalue weighted by molar-refractivity contribution is 0.204. The van der Waals surface area contributed by atoms with E-state index in [4.69, 9.17) is 5.11 Å². The molecule has 0 spiro atoms. The fraction of sp³-hybridized carbons (Fsp3) is 0.700. The normalized spacial score (nSPS) is 20.7. The summed E-state index contributed by atoms with van der Waals surface area (Å²) in [6.45, 7) is 3.29. The Kier molecular flexibility index (Phi) is 2.56. The first-order chi connectivity index (χ1) is 6.76. The van der Waals surface area contributed by atoms with Crippen LogP contribution in [0, 0.1) is 5.41 Å². The minimum absolute atomic E-state index is 0.175. The van der Waals surface area contributed by atoms with E-state index in [1.165, 1.54) is 0 Å². The van der Waals surface area contributed by atoms with Crippen molar-refractivity contribution in [2.45, 2.75) is 25.8 Å². The smallest absolute Gasteiger partial charge is 0.0518 e. The van der Waals surface area contributed by atoms with Crippen LogP contribution in [-0.2, 0) is 0 Å². The van der Waals surface area contributed by atoms with E-state index in [2.05, 4.69) is 22.4 Å². The summed E-state index contributed by atoms with van der Waals surface area (Å²) in [4.78, 5) is 0. The average Bonchev–Trinajstić information content (AvgIpc) is 2.78. The SMILES string of the molecule is CC(NCC1(CO)CC1)c1ccn[nH]1. The van der Waals surface area contributed by atoms with Crippen LogP contribution in [0.3, 0.4) is 0 Å². The third kappa shape index (κ3) is 1.96. The molecule has 1 aliphatic rings. The molecule has 0 bridgehead atoms. The van der Waals surface area contributed by atoms with E-state index in [1.807, 2.05) is 6.07 Å². The summed E-state index contributed by atoms with van der Waals surface area (Å²) in [6.07, 6.45) is 4.05. The highest BCUT2D eigenvalue weighted by Gasteiger charge is 2.41. The van der Waals surface area contributed by atoms with Gasteiger partial charge in [-0.2, -0.15) is 5.10 Å². The maximum Gasteiger partial charge on any atom is 0.0518 e. The van der Waals surface area contributed by atoms with Crippen molar-refractivity contribution in [1.82, 2.24) is 15.5 Å². The lowest BCUT2D eigenvalue weighted by Crippen LogP contribution is -2.28. The molecule has 1 aromatic rings. The molecule has 2 rings (SSSR count). The predicted octanol–water partition coefficient (Wildman–Crippen LogP) is 0.833. The van der Waals surface area contributed by atoms with E-state index < -0.39 is 0 Å². The lowest BCUT2D eigenvalue weighted by atomic mass is 10.1. The van der Waals surface area contributed by atoms with Gasteiger partial charge in [0.2, 0.25) is 0 Å². The Bertz CT molecular complexity index is 280. The molecule has 3 N–H and O–H groups in total. The van der Waals surface area contributed by atoms with Gasteiger partial charge in [-0.1, -0.05) is 0 Å². The molecule has 1 unspecified atom stereocenters. The molecule has 0 saturated heterocycles. The molecule has 1 saturated carbocycles. The van der Waals surface area contributed by atoms with E-state index in [9.17, 15) is 0 Å². The molecule has 0 amide bonds. The van der Waals surface area contributed by atoms with Crippen molar-refractivity contribution in [3.63, 3.8) is 0 Å². The van der Waals surface area contributed by atoms with Gasteiger partial charge < -0.3 is 10.4 Å². The van der Waals surface area contributed by atoms with Crippen LogP contribution >= 0.6 is 0 Å². The summed E-state index contributed by atoms with van der Waals surface area (Å²) >= 11 is 0. The second kappa shape index (κ2) is 3.71. The Balaban J connectivity index is 1.81. The van der Waals surface area contributed by atoms with Crippen LogP contribution in [0.5, 0.6) is 0 Å². The highest BCUT2D eigenvalue weighted by atomic mass is 16.3. The number of aliphatic hydroxyl groups excluding tert-OH is 1. The van der Waals surface area contributed by atoms with E-state index in [1.54, 1.807) is 6.20 Å². The Morgan fingerprint density at radius 2 is 2.50 bits per heavy atom. The third-order valence-corrected chi connectivity index (χ3v) is 3.06. The van der Waals surface area contributed by atoms with Gasteiger partial charge in [0.1, 0.15) is 0 Å². The molecule has 1 aromatic heterocycles. The second-order valence-electron chi connectivity index (χ2n) is 4.27. The third-order valence-electron chi connectivity index (χ3n) is 3.06. The molecule has 14 heavy (non-hydrogen) atoms. The molecule has 1 heterocycles. The molecule has 0 radical (unpaired) electrons. The number of aromatic amines is 1. The van der Waals surface area contributed by atoms with Crippen molar-refractivity contribution < 1.29 is 5.11 Å². The molecular weight excluding hydrogens is 178 g/mol. The van der Waals surface area contributed by atoms with Crippen LogP contribution < -0.4 is 5.32 Å². The monoisotopic (exact) mass is 195 g/mol. The van der Waals surface area contributed by atoms with Gasteiger partial charge >= 0.3 is 0 Å². The molecule has 78 valence electrons. The Morgan fingerprint density at radius 1 is 1.71 bits per heavy atom. The van der Waals surface area contributed by atoms with Gasteiger partial charge in [-0.05, 0) is 25.8 Å². The molecule has 0 aliphatic heterocycles. The number of H-pyrrole nitrogens is 1. The van der Waals surface area contributed by atoms with Gasteiger partial charge in [0.25, 0.3) is 0 Å². The standard InChI is InChI=1S/C10H17N3O/c1-8(9-2-5-12-13-9)11-6-10(7-14)3-4-10/h2,5,8,11,14H,3-4,6-7H2,1H3,(H,12,13). The zero-order valence-corrected chi connectivity index (χ0v) is 8.45. The molecule has 1 aliphatic carbocycles. The number of hydrogen-bond acceptors (Lipinski definition) is 3. The van der Waals surface area contributed by atoms with Crippen molar-refractivity contribution in [2.75, 3.05) is 13.2 Å². The topological polar surface area (TPSA) is 60.9 Å². The molecule has 4 nitrogen and oxygen atoms in total. The minimum atomic E-state index is 0.175. The molecule has 4 heteroatoms. The van der Waals surface area contributed by atoms with Crippen LogP contribution in [0.1, 0.15) is 31.5 Å². The first-order valence-electron chi connectivity index (χ1n) is 5.09. The van der Waals surface area contributed by atoms with Crippen LogP contribution in [0.4, 0.5) is 0 Å². The van der Waals surface area contributed by atoms with Gasteiger partial charge in [0.05, 0.1) is 5.69 Å².